The lowest BCUT2D eigenvalue weighted by molar-refractivity contribution is 0.231. The number of ether oxygens (including phenoxy) is 1. The average molecular weight is 358 g/mol. The maximum Gasteiger partial charge on any atom is 0.146 e. The first-order valence-electron chi connectivity index (χ1n) is 8.65. The van der Waals surface area contributed by atoms with Crippen molar-refractivity contribution in [2.24, 2.45) is 10.7 Å². The van der Waals surface area contributed by atoms with Crippen LogP contribution in [0.25, 0.3) is 0 Å². The molecule has 0 amide bonds. The number of hydrogen-bond acceptors (Lipinski definition) is 7. The van der Waals surface area contributed by atoms with E-state index in [-0.39, 0.29) is 18.9 Å². The van der Waals surface area contributed by atoms with Gasteiger partial charge < -0.3 is 25.6 Å². The van der Waals surface area contributed by atoms with E-state index >= 15 is 0 Å². The molecule has 140 valence electrons. The van der Waals surface area contributed by atoms with E-state index in [1.807, 2.05) is 36.1 Å². The monoisotopic (exact) mass is 358 g/mol. The van der Waals surface area contributed by atoms with Gasteiger partial charge in [-0.2, -0.15) is 0 Å². The van der Waals surface area contributed by atoms with Crippen LogP contribution < -0.4 is 10.6 Å². The first kappa shape index (κ1) is 19.7. The highest BCUT2D eigenvalue weighted by molar-refractivity contribution is 6.22. The van der Waals surface area contributed by atoms with Crippen LogP contribution in [0.15, 0.2) is 52.9 Å². The molecule has 0 heterocycles. The van der Waals surface area contributed by atoms with E-state index in [4.69, 9.17) is 26.1 Å². The molecule has 2 rings (SSSR count). The first-order valence-corrected chi connectivity index (χ1v) is 8.65. The van der Waals surface area contributed by atoms with Gasteiger partial charge in [-0.15, -0.1) is 0 Å². The minimum absolute atomic E-state index is 0.0165. The summed E-state index contributed by atoms with van der Waals surface area (Å²) in [7, 11) is 0. The molecule has 26 heavy (non-hydrogen) atoms. The van der Waals surface area contributed by atoms with E-state index in [1.165, 1.54) is 0 Å². The van der Waals surface area contributed by atoms with Gasteiger partial charge in [0.05, 0.1) is 42.6 Å². The summed E-state index contributed by atoms with van der Waals surface area (Å²) in [5, 5.41) is 26.2. The van der Waals surface area contributed by atoms with Crippen LogP contribution in [-0.4, -0.2) is 54.5 Å². The molecule has 7 nitrogen and oxygen atoms in total. The summed E-state index contributed by atoms with van der Waals surface area (Å²) in [4.78, 5) is 6.43. The quantitative estimate of drug-likeness (QED) is 0.502. The van der Waals surface area contributed by atoms with Crippen molar-refractivity contribution < 1.29 is 14.9 Å². The van der Waals surface area contributed by atoms with Gasteiger partial charge in [0, 0.05) is 24.9 Å². The van der Waals surface area contributed by atoms with Gasteiger partial charge in [-0.3, -0.25) is 5.41 Å². The zero-order valence-corrected chi connectivity index (χ0v) is 15.0. The van der Waals surface area contributed by atoms with E-state index in [9.17, 15) is 0 Å². The van der Waals surface area contributed by atoms with Gasteiger partial charge in [-0.05, 0) is 36.8 Å². The Morgan fingerprint density at radius 1 is 1.12 bits per heavy atom. The third-order valence-corrected chi connectivity index (χ3v) is 3.79. The number of benzene rings is 1. The molecule has 0 unspecified atom stereocenters. The fourth-order valence-corrected chi connectivity index (χ4v) is 2.50. The lowest BCUT2D eigenvalue weighted by atomic mass is 10.1. The van der Waals surface area contributed by atoms with Crippen molar-refractivity contribution in [2.75, 3.05) is 37.8 Å². The SMILES string of the molecule is CCCOC1=CC(=Nc2ccc(N(CCO)CCO)cc2)C(N)=CC1=N. The number of aliphatic imine (C=N–C) groups is 1. The van der Waals surface area contributed by atoms with Crippen LogP contribution in [0, 0.1) is 5.41 Å². The minimum atomic E-state index is 0.0165. The summed E-state index contributed by atoms with van der Waals surface area (Å²) in [5.41, 5.74) is 8.83. The Morgan fingerprint density at radius 2 is 1.77 bits per heavy atom. The van der Waals surface area contributed by atoms with Gasteiger partial charge in [-0.1, -0.05) is 6.92 Å². The molecule has 0 spiro atoms. The summed E-state index contributed by atoms with van der Waals surface area (Å²) in [6, 6.07) is 7.46. The van der Waals surface area contributed by atoms with Crippen molar-refractivity contribution in [3.63, 3.8) is 0 Å². The molecule has 5 N–H and O–H groups in total. The lowest BCUT2D eigenvalue weighted by Gasteiger charge is -2.22. The van der Waals surface area contributed by atoms with E-state index in [1.54, 1.807) is 12.2 Å². The zero-order chi connectivity index (χ0) is 18.9. The number of nitrogens with one attached hydrogen (secondary N) is 1. The van der Waals surface area contributed by atoms with Crippen LogP contribution in [0.5, 0.6) is 0 Å². The molecule has 0 fully saturated rings. The number of hydrogen-bond donors (Lipinski definition) is 4. The smallest absolute Gasteiger partial charge is 0.146 e. The number of nitrogens with zero attached hydrogens (tertiary/aromatic N) is 2. The van der Waals surface area contributed by atoms with E-state index in [0.717, 1.165) is 12.1 Å². The minimum Gasteiger partial charge on any atom is -0.491 e. The van der Waals surface area contributed by atoms with Crippen molar-refractivity contribution in [3.8, 4) is 0 Å². The second-order valence-corrected chi connectivity index (χ2v) is 5.82. The Bertz CT molecular complexity index is 702. The van der Waals surface area contributed by atoms with Crippen LogP contribution in [-0.2, 0) is 4.74 Å². The normalized spacial score (nSPS) is 15.7. The molecule has 0 bridgehead atoms. The zero-order valence-electron chi connectivity index (χ0n) is 15.0. The Balaban J connectivity index is 2.21. The third-order valence-electron chi connectivity index (χ3n) is 3.79. The number of allylic oxidation sites excluding steroid dienone is 2. The highest BCUT2D eigenvalue weighted by atomic mass is 16.5. The third kappa shape index (κ3) is 5.18. The van der Waals surface area contributed by atoms with Gasteiger partial charge in [0.25, 0.3) is 0 Å². The van der Waals surface area contributed by atoms with E-state index < -0.39 is 0 Å². The standard InChI is InChI=1S/C19H26N4O3/c1-2-11-26-19-13-18(16(20)12-17(19)21)22-14-3-5-15(6-4-14)23(7-9-24)8-10-25/h3-6,12-13,21,24-25H,2,7-11,20H2,1H3. The number of rotatable bonds is 9. The number of aliphatic hydroxyl groups is 2. The van der Waals surface area contributed by atoms with Crippen LogP contribution in [0.3, 0.4) is 0 Å². The molecule has 0 saturated carbocycles. The van der Waals surface area contributed by atoms with Crippen molar-refractivity contribution >= 4 is 22.8 Å². The Hall–Kier alpha value is -2.64. The molecule has 0 aliphatic heterocycles. The van der Waals surface area contributed by atoms with Gasteiger partial charge in [-0.25, -0.2) is 4.99 Å². The Labute approximate surface area is 153 Å². The maximum atomic E-state index is 9.13. The van der Waals surface area contributed by atoms with Gasteiger partial charge in [0.2, 0.25) is 0 Å². The largest absolute Gasteiger partial charge is 0.491 e. The summed E-state index contributed by atoms with van der Waals surface area (Å²) >= 11 is 0. The number of aliphatic hydroxyl groups excluding tert-OH is 2. The summed E-state index contributed by atoms with van der Waals surface area (Å²) in [5.74, 6) is 0.466. The molecule has 1 aliphatic rings. The molecule has 0 saturated heterocycles. The second-order valence-electron chi connectivity index (χ2n) is 5.82. The predicted molar refractivity (Wildman–Crippen MR) is 104 cm³/mol. The maximum absolute atomic E-state index is 9.13. The van der Waals surface area contributed by atoms with Crippen LogP contribution in [0.4, 0.5) is 11.4 Å². The molecular weight excluding hydrogens is 332 g/mol. The van der Waals surface area contributed by atoms with Crippen molar-refractivity contribution in [3.05, 3.63) is 47.9 Å². The van der Waals surface area contributed by atoms with Crippen LogP contribution in [0.2, 0.25) is 0 Å². The highest BCUT2D eigenvalue weighted by Gasteiger charge is 2.15. The summed E-state index contributed by atoms with van der Waals surface area (Å²) in [6.07, 6.45) is 4.09. The summed E-state index contributed by atoms with van der Waals surface area (Å²) in [6.45, 7) is 3.48. The lowest BCUT2D eigenvalue weighted by Crippen LogP contribution is -2.29. The number of anilines is 1. The van der Waals surface area contributed by atoms with Gasteiger partial charge in [0.1, 0.15) is 5.76 Å². The highest BCUT2D eigenvalue weighted by Crippen LogP contribution is 2.22. The van der Waals surface area contributed by atoms with Crippen molar-refractivity contribution in [1.82, 2.24) is 0 Å². The Morgan fingerprint density at radius 3 is 2.35 bits per heavy atom. The second kappa shape index (κ2) is 9.74. The molecular formula is C19H26N4O3. The number of nitrogens with two attached hydrogens (primary N) is 1. The van der Waals surface area contributed by atoms with Crippen LogP contribution in [0.1, 0.15) is 13.3 Å². The molecule has 7 heteroatoms. The molecule has 0 aromatic heterocycles. The van der Waals surface area contributed by atoms with Gasteiger partial charge in [0.15, 0.2) is 0 Å². The van der Waals surface area contributed by atoms with Crippen molar-refractivity contribution in [2.45, 2.75) is 13.3 Å². The van der Waals surface area contributed by atoms with Crippen molar-refractivity contribution in [1.29, 1.82) is 5.41 Å². The van der Waals surface area contributed by atoms with E-state index in [0.29, 0.717) is 42.6 Å². The molecule has 1 aromatic carbocycles. The molecule has 1 aromatic rings. The molecule has 0 atom stereocenters. The molecule has 1 aliphatic carbocycles. The fourth-order valence-electron chi connectivity index (χ4n) is 2.50. The first-order chi connectivity index (χ1) is 12.6. The topological polar surface area (TPSA) is 115 Å². The summed E-state index contributed by atoms with van der Waals surface area (Å²) < 4.78 is 5.57. The van der Waals surface area contributed by atoms with Gasteiger partial charge >= 0.3 is 0 Å². The average Bonchev–Trinajstić information content (AvgIpc) is 2.63. The Kier molecular flexibility index (Phi) is 7.37. The fraction of sp³-hybridized carbons (Fsp3) is 0.368. The van der Waals surface area contributed by atoms with E-state index in [2.05, 4.69) is 4.99 Å². The molecule has 0 radical (unpaired) electrons. The van der Waals surface area contributed by atoms with Crippen LogP contribution >= 0.6 is 0 Å². The predicted octanol–water partition coefficient (Wildman–Crippen LogP) is 1.74.